The summed E-state index contributed by atoms with van der Waals surface area (Å²) in [6.45, 7) is 2.02. The minimum Gasteiger partial charge on any atom is -0.335 e. The summed E-state index contributed by atoms with van der Waals surface area (Å²) in [7, 11) is 0. The van der Waals surface area contributed by atoms with Crippen LogP contribution in [0.15, 0.2) is 30.3 Å². The molecule has 1 aromatic carbocycles. The van der Waals surface area contributed by atoms with Gasteiger partial charge in [0.2, 0.25) is 0 Å². The van der Waals surface area contributed by atoms with Crippen molar-refractivity contribution in [2.45, 2.75) is 64.0 Å². The van der Waals surface area contributed by atoms with Gasteiger partial charge in [0.25, 0.3) is 0 Å². The molecule has 1 fully saturated rings. The van der Waals surface area contributed by atoms with Crippen LogP contribution in [0.1, 0.15) is 63.5 Å². The molecule has 0 radical (unpaired) electrons. The summed E-state index contributed by atoms with van der Waals surface area (Å²) < 4.78 is 0. The van der Waals surface area contributed by atoms with E-state index in [0.29, 0.717) is 6.04 Å². The first kappa shape index (κ1) is 14.9. The van der Waals surface area contributed by atoms with Crippen LogP contribution in [0.2, 0.25) is 0 Å². The van der Waals surface area contributed by atoms with Crippen LogP contribution < -0.4 is 10.6 Å². The van der Waals surface area contributed by atoms with Crippen molar-refractivity contribution in [2.75, 3.05) is 0 Å². The molecule has 3 heteroatoms. The van der Waals surface area contributed by atoms with Crippen LogP contribution >= 0.6 is 0 Å². The predicted molar refractivity (Wildman–Crippen MR) is 82.6 cm³/mol. The highest BCUT2D eigenvalue weighted by Gasteiger charge is 2.15. The van der Waals surface area contributed by atoms with Gasteiger partial charge in [-0.25, -0.2) is 4.79 Å². The first-order valence-electron chi connectivity index (χ1n) is 7.87. The second-order valence-corrected chi connectivity index (χ2v) is 5.79. The zero-order valence-corrected chi connectivity index (χ0v) is 12.4. The van der Waals surface area contributed by atoms with Crippen molar-refractivity contribution in [3.8, 4) is 0 Å². The number of carbonyl (C=O) groups excluding carboxylic acids is 1. The van der Waals surface area contributed by atoms with Gasteiger partial charge in [-0.2, -0.15) is 0 Å². The van der Waals surface area contributed by atoms with Crippen molar-refractivity contribution < 1.29 is 4.79 Å². The van der Waals surface area contributed by atoms with Crippen LogP contribution in [0.4, 0.5) is 4.79 Å². The fourth-order valence-corrected chi connectivity index (χ4v) is 2.85. The number of benzene rings is 1. The van der Waals surface area contributed by atoms with E-state index < -0.39 is 0 Å². The van der Waals surface area contributed by atoms with E-state index in [9.17, 15) is 4.79 Å². The number of hydrogen-bond donors (Lipinski definition) is 2. The Balaban J connectivity index is 1.79. The number of rotatable bonds is 3. The Hall–Kier alpha value is -1.51. The molecule has 2 amide bonds. The van der Waals surface area contributed by atoms with Gasteiger partial charge in [-0.3, -0.25) is 0 Å². The van der Waals surface area contributed by atoms with E-state index in [1.54, 1.807) is 0 Å². The third-order valence-corrected chi connectivity index (χ3v) is 4.09. The van der Waals surface area contributed by atoms with Gasteiger partial charge < -0.3 is 10.6 Å². The van der Waals surface area contributed by atoms with Gasteiger partial charge in [0.1, 0.15) is 0 Å². The number of amides is 2. The minimum atomic E-state index is -0.0353. The molecule has 2 N–H and O–H groups in total. The predicted octanol–water partition coefficient (Wildman–Crippen LogP) is 4.16. The summed E-state index contributed by atoms with van der Waals surface area (Å²) in [5, 5.41) is 6.17. The third-order valence-electron chi connectivity index (χ3n) is 4.09. The van der Waals surface area contributed by atoms with Crippen molar-refractivity contribution in [1.29, 1.82) is 0 Å². The van der Waals surface area contributed by atoms with Gasteiger partial charge in [-0.15, -0.1) is 0 Å². The van der Waals surface area contributed by atoms with Gasteiger partial charge in [0.15, 0.2) is 0 Å². The van der Waals surface area contributed by atoms with Crippen LogP contribution in [0.5, 0.6) is 0 Å². The fraction of sp³-hybridized carbons (Fsp3) is 0.588. The molecule has 0 aliphatic heterocycles. The van der Waals surface area contributed by atoms with Crippen LogP contribution in [0, 0.1) is 0 Å². The van der Waals surface area contributed by atoms with E-state index in [1.807, 2.05) is 37.3 Å². The zero-order chi connectivity index (χ0) is 14.2. The Morgan fingerprint density at radius 3 is 2.30 bits per heavy atom. The highest BCUT2D eigenvalue weighted by atomic mass is 16.2. The molecule has 1 aliphatic rings. The molecule has 110 valence electrons. The molecule has 1 saturated carbocycles. The van der Waals surface area contributed by atoms with Crippen LogP contribution in [0.3, 0.4) is 0 Å². The lowest BCUT2D eigenvalue weighted by Gasteiger charge is -2.23. The van der Waals surface area contributed by atoms with E-state index in [2.05, 4.69) is 10.6 Å². The van der Waals surface area contributed by atoms with Crippen LogP contribution in [0.25, 0.3) is 0 Å². The van der Waals surface area contributed by atoms with E-state index in [0.717, 1.165) is 18.4 Å². The SMILES string of the molecule is C[C@@H](NC(=O)NC1CCCCCCC1)c1ccccc1. The Labute approximate surface area is 122 Å². The lowest BCUT2D eigenvalue weighted by Crippen LogP contribution is -2.43. The van der Waals surface area contributed by atoms with Crippen molar-refractivity contribution in [1.82, 2.24) is 10.6 Å². The molecule has 2 rings (SSSR count). The molecule has 1 aromatic rings. The molecule has 0 aromatic heterocycles. The van der Waals surface area contributed by atoms with E-state index in [1.165, 1.54) is 32.1 Å². The monoisotopic (exact) mass is 274 g/mol. The largest absolute Gasteiger partial charge is 0.335 e. The highest BCUT2D eigenvalue weighted by Crippen LogP contribution is 2.17. The lowest BCUT2D eigenvalue weighted by atomic mass is 9.97. The van der Waals surface area contributed by atoms with Gasteiger partial charge in [-0.05, 0) is 25.3 Å². The van der Waals surface area contributed by atoms with E-state index >= 15 is 0 Å². The minimum absolute atomic E-state index is 0.0353. The molecule has 1 aliphatic carbocycles. The Morgan fingerprint density at radius 2 is 1.65 bits per heavy atom. The molecule has 0 heterocycles. The Kier molecular flexibility index (Phi) is 5.90. The summed E-state index contributed by atoms with van der Waals surface area (Å²) in [4.78, 5) is 12.1. The van der Waals surface area contributed by atoms with Crippen LogP contribution in [-0.4, -0.2) is 12.1 Å². The average Bonchev–Trinajstić information content (AvgIpc) is 2.42. The fourth-order valence-electron chi connectivity index (χ4n) is 2.85. The topological polar surface area (TPSA) is 41.1 Å². The molecule has 1 atom stereocenters. The maximum Gasteiger partial charge on any atom is 0.315 e. The van der Waals surface area contributed by atoms with Crippen molar-refractivity contribution in [2.24, 2.45) is 0 Å². The first-order chi connectivity index (χ1) is 9.75. The Morgan fingerprint density at radius 1 is 1.05 bits per heavy atom. The van der Waals surface area contributed by atoms with Crippen LogP contribution in [-0.2, 0) is 0 Å². The normalized spacial score (nSPS) is 18.6. The second-order valence-electron chi connectivity index (χ2n) is 5.79. The standard InChI is InChI=1S/C17H26N2O/c1-14(15-10-6-5-7-11-15)18-17(20)19-16-12-8-3-2-4-9-13-16/h5-7,10-11,14,16H,2-4,8-9,12-13H2,1H3,(H2,18,19,20)/t14-/m1/s1. The summed E-state index contributed by atoms with van der Waals surface area (Å²) in [6.07, 6.45) is 8.67. The molecular formula is C17H26N2O. The molecule has 3 nitrogen and oxygen atoms in total. The van der Waals surface area contributed by atoms with Crippen molar-refractivity contribution in [3.05, 3.63) is 35.9 Å². The molecule has 0 bridgehead atoms. The summed E-state index contributed by atoms with van der Waals surface area (Å²) >= 11 is 0. The number of hydrogen-bond acceptors (Lipinski definition) is 1. The number of carbonyl (C=O) groups is 1. The molecule has 0 saturated heterocycles. The van der Waals surface area contributed by atoms with Crippen molar-refractivity contribution in [3.63, 3.8) is 0 Å². The quantitative estimate of drug-likeness (QED) is 0.853. The molecule has 0 spiro atoms. The summed E-state index contributed by atoms with van der Waals surface area (Å²) in [5.41, 5.74) is 1.14. The first-order valence-corrected chi connectivity index (χ1v) is 7.87. The number of nitrogens with one attached hydrogen (secondary N) is 2. The van der Waals surface area contributed by atoms with E-state index in [-0.39, 0.29) is 12.1 Å². The zero-order valence-electron chi connectivity index (χ0n) is 12.4. The maximum absolute atomic E-state index is 12.1. The Bertz CT molecular complexity index is 397. The van der Waals surface area contributed by atoms with E-state index in [4.69, 9.17) is 0 Å². The number of urea groups is 1. The van der Waals surface area contributed by atoms with Gasteiger partial charge in [0.05, 0.1) is 6.04 Å². The average molecular weight is 274 g/mol. The van der Waals surface area contributed by atoms with Gasteiger partial charge in [0, 0.05) is 6.04 Å². The lowest BCUT2D eigenvalue weighted by molar-refractivity contribution is 0.231. The second kappa shape index (κ2) is 7.93. The van der Waals surface area contributed by atoms with Crippen molar-refractivity contribution >= 4 is 6.03 Å². The van der Waals surface area contributed by atoms with Gasteiger partial charge in [-0.1, -0.05) is 62.4 Å². The summed E-state index contributed by atoms with van der Waals surface area (Å²) in [5.74, 6) is 0. The maximum atomic E-state index is 12.1. The molecule has 20 heavy (non-hydrogen) atoms. The smallest absolute Gasteiger partial charge is 0.315 e. The third kappa shape index (κ3) is 4.87. The highest BCUT2D eigenvalue weighted by molar-refractivity contribution is 5.74. The summed E-state index contributed by atoms with van der Waals surface area (Å²) in [6, 6.07) is 10.4. The molecule has 0 unspecified atom stereocenters. The van der Waals surface area contributed by atoms with Gasteiger partial charge >= 0.3 is 6.03 Å². The molecular weight excluding hydrogens is 248 g/mol.